The van der Waals surface area contributed by atoms with E-state index in [0.29, 0.717) is 18.7 Å². The van der Waals surface area contributed by atoms with Gasteiger partial charge in [-0.25, -0.2) is 9.97 Å². The monoisotopic (exact) mass is 768 g/mol. The minimum atomic E-state index is -0.410. The molecule has 3 amide bonds. The molecule has 6 heterocycles. The fraction of sp³-hybridized carbons (Fsp3) is 0.395. The molecule has 2 aliphatic rings. The number of rotatable bonds is 9. The van der Waals surface area contributed by atoms with Crippen molar-refractivity contribution in [3.8, 4) is 11.3 Å². The number of H-pyrrole nitrogens is 1. The molecule has 14 nitrogen and oxygen atoms in total. The van der Waals surface area contributed by atoms with Crippen molar-refractivity contribution in [3.63, 3.8) is 0 Å². The van der Waals surface area contributed by atoms with Crippen LogP contribution in [0.5, 0.6) is 0 Å². The van der Waals surface area contributed by atoms with Crippen LogP contribution in [0.15, 0.2) is 59.4 Å². The van der Waals surface area contributed by atoms with Crippen molar-refractivity contribution in [2.24, 2.45) is 0 Å². The number of imide groups is 1. The quantitative estimate of drug-likeness (QED) is 0.151. The highest BCUT2D eigenvalue weighted by molar-refractivity contribution is 6.12. The summed E-state index contributed by atoms with van der Waals surface area (Å²) < 4.78 is 5.25. The van der Waals surface area contributed by atoms with Crippen LogP contribution in [0.25, 0.3) is 33.2 Å². The number of anilines is 1. The van der Waals surface area contributed by atoms with Gasteiger partial charge in [-0.05, 0) is 68.1 Å². The highest BCUT2D eigenvalue weighted by Gasteiger charge is 2.30. The normalized spacial score (nSPS) is 17.3. The first-order chi connectivity index (χ1) is 27.3. The van der Waals surface area contributed by atoms with Gasteiger partial charge in [0.1, 0.15) is 12.0 Å². The average molecular weight is 769 g/mol. The third kappa shape index (κ3) is 7.73. The summed E-state index contributed by atoms with van der Waals surface area (Å²) in [5.41, 5.74) is 9.20. The van der Waals surface area contributed by atoms with Crippen molar-refractivity contribution in [3.05, 3.63) is 94.7 Å². The summed E-state index contributed by atoms with van der Waals surface area (Å²) in [6, 6.07) is 16.5. The molecule has 3 N–H and O–H groups in total. The number of aromatic amines is 1. The van der Waals surface area contributed by atoms with Gasteiger partial charge in [0.2, 0.25) is 11.8 Å². The number of carbonyl (C=O) groups is 3. The maximum absolute atomic E-state index is 12.9. The van der Waals surface area contributed by atoms with E-state index < -0.39 is 5.91 Å². The molecule has 14 heteroatoms. The number of amides is 3. The molecular weight excluding hydrogens is 721 g/mol. The molecule has 6 aromatic rings. The van der Waals surface area contributed by atoms with Crippen LogP contribution in [0.3, 0.4) is 0 Å². The molecule has 2 atom stereocenters. The Hall–Kier alpha value is -6.02. The lowest BCUT2D eigenvalue weighted by Gasteiger charge is -2.36. The highest BCUT2D eigenvalue weighted by atomic mass is 16.5. The molecule has 0 spiro atoms. The summed E-state index contributed by atoms with van der Waals surface area (Å²) in [4.78, 5) is 63.8. The number of fused-ring (bicyclic) bond motifs is 3. The second kappa shape index (κ2) is 15.1. The van der Waals surface area contributed by atoms with Crippen LogP contribution >= 0.6 is 0 Å². The Balaban J connectivity index is 0.911. The van der Waals surface area contributed by atoms with E-state index in [9.17, 15) is 14.4 Å². The number of benzene rings is 2. The molecule has 0 saturated carbocycles. The van der Waals surface area contributed by atoms with Crippen molar-refractivity contribution in [2.75, 3.05) is 37.6 Å². The van der Waals surface area contributed by atoms with Crippen molar-refractivity contribution in [1.82, 2.24) is 45.6 Å². The number of hydrogen-bond acceptors (Lipinski definition) is 11. The van der Waals surface area contributed by atoms with E-state index in [2.05, 4.69) is 64.8 Å². The van der Waals surface area contributed by atoms with E-state index in [1.54, 1.807) is 6.33 Å². The number of aromatic nitrogens is 6. The van der Waals surface area contributed by atoms with Crippen LogP contribution in [0.1, 0.15) is 97.1 Å². The van der Waals surface area contributed by atoms with Crippen LogP contribution in [0.2, 0.25) is 0 Å². The van der Waals surface area contributed by atoms with Gasteiger partial charge >= 0.3 is 11.8 Å². The Kier molecular flexibility index (Phi) is 10.1. The first kappa shape index (κ1) is 37.9. The van der Waals surface area contributed by atoms with Crippen molar-refractivity contribution < 1.29 is 18.9 Å². The predicted molar refractivity (Wildman–Crippen MR) is 217 cm³/mol. The number of pyridine rings is 1. The van der Waals surface area contributed by atoms with E-state index >= 15 is 0 Å². The van der Waals surface area contributed by atoms with Gasteiger partial charge in [0.15, 0.2) is 5.82 Å². The minimum Gasteiger partial charge on any atom is -0.369 e. The smallest absolute Gasteiger partial charge is 0.315 e. The van der Waals surface area contributed by atoms with E-state index in [1.807, 2.05) is 65.8 Å². The number of carbonyl (C=O) groups excluding carboxylic acids is 3. The molecule has 8 rings (SSSR count). The van der Waals surface area contributed by atoms with Crippen LogP contribution in [0.4, 0.5) is 5.69 Å². The number of aryl methyl sites for hydroxylation is 2. The van der Waals surface area contributed by atoms with Crippen molar-refractivity contribution in [2.45, 2.75) is 78.2 Å². The van der Waals surface area contributed by atoms with Crippen LogP contribution in [-0.4, -0.2) is 85.4 Å². The zero-order valence-corrected chi connectivity index (χ0v) is 33.3. The van der Waals surface area contributed by atoms with E-state index in [1.165, 1.54) is 0 Å². The summed E-state index contributed by atoms with van der Waals surface area (Å²) >= 11 is 0. The second-order valence-electron chi connectivity index (χ2n) is 16.3. The molecular formula is C43H48N10O4. The highest BCUT2D eigenvalue weighted by Crippen LogP contribution is 2.35. The SMILES string of the molecule is Cc1cc(-c2ncnc3[nH]c4cc(N5CCN(CCc6ccc(C7CCC(=O)NC7=O)c(C)n6)CC5)ccc4c23)ccc1[C@@H](C)NC(=O)c1nc(C(C)(C)C)no1. The van der Waals surface area contributed by atoms with E-state index in [4.69, 9.17) is 14.5 Å². The summed E-state index contributed by atoms with van der Waals surface area (Å²) in [5.74, 6) is -0.721. The number of hydrogen-bond donors (Lipinski definition) is 3. The van der Waals surface area contributed by atoms with Gasteiger partial charge in [-0.1, -0.05) is 50.2 Å². The number of nitrogens with one attached hydrogen (secondary N) is 3. The molecule has 2 fully saturated rings. The lowest BCUT2D eigenvalue weighted by Crippen LogP contribution is -2.47. The molecule has 4 aromatic heterocycles. The van der Waals surface area contributed by atoms with Gasteiger partial charge in [0, 0.05) is 84.5 Å². The molecule has 294 valence electrons. The summed E-state index contributed by atoms with van der Waals surface area (Å²) in [6.45, 7) is 16.4. The van der Waals surface area contributed by atoms with Gasteiger partial charge in [-0.2, -0.15) is 4.98 Å². The fourth-order valence-corrected chi connectivity index (χ4v) is 8.02. The minimum absolute atomic E-state index is 0.0495. The molecule has 1 unspecified atom stereocenters. The third-order valence-corrected chi connectivity index (χ3v) is 11.2. The lowest BCUT2D eigenvalue weighted by atomic mass is 9.89. The topological polar surface area (TPSA) is 175 Å². The number of piperidine rings is 1. The largest absolute Gasteiger partial charge is 0.369 e. The Labute approximate surface area is 330 Å². The fourth-order valence-electron chi connectivity index (χ4n) is 8.02. The molecule has 2 aliphatic heterocycles. The molecule has 0 aliphatic carbocycles. The maximum atomic E-state index is 12.9. The zero-order chi connectivity index (χ0) is 40.0. The van der Waals surface area contributed by atoms with Crippen LogP contribution < -0.4 is 15.5 Å². The lowest BCUT2D eigenvalue weighted by molar-refractivity contribution is -0.134. The standard InChI is InChI=1S/C43H48N10O4/c1-24-21-27(7-10-30(24)25(2)47-40(56)41-50-42(51-57-41)43(4,5)6)37-36-33-12-9-29(22-34(33)48-38(36)45-23-44-37)53-19-17-52(18-20-53)16-15-28-8-11-31(26(3)46-28)32-13-14-35(54)49-39(32)55/h7-12,21-23,25,32H,13-20H2,1-6H3,(H,47,56)(H,44,45,48)(H,49,54,55)/t25-,32?/m1/s1. The molecule has 2 aromatic carbocycles. The molecule has 2 saturated heterocycles. The average Bonchev–Trinajstić information content (AvgIpc) is 3.84. The van der Waals surface area contributed by atoms with Gasteiger partial charge in [-0.15, -0.1) is 0 Å². The number of nitrogens with zero attached hydrogens (tertiary/aromatic N) is 7. The van der Waals surface area contributed by atoms with Crippen molar-refractivity contribution >= 4 is 45.3 Å². The first-order valence-corrected chi connectivity index (χ1v) is 19.6. The Morgan fingerprint density at radius 1 is 1.00 bits per heavy atom. The summed E-state index contributed by atoms with van der Waals surface area (Å²) in [6.07, 6.45) is 3.32. The Morgan fingerprint density at radius 2 is 1.81 bits per heavy atom. The van der Waals surface area contributed by atoms with E-state index in [0.717, 1.165) is 106 Å². The van der Waals surface area contributed by atoms with Crippen LogP contribution in [0, 0.1) is 13.8 Å². The van der Waals surface area contributed by atoms with Crippen LogP contribution in [-0.2, 0) is 21.4 Å². The molecule has 0 radical (unpaired) electrons. The number of piperazine rings is 1. The zero-order valence-electron chi connectivity index (χ0n) is 33.3. The Morgan fingerprint density at radius 3 is 2.53 bits per heavy atom. The van der Waals surface area contributed by atoms with Gasteiger partial charge in [0.05, 0.1) is 23.0 Å². The predicted octanol–water partition coefficient (Wildman–Crippen LogP) is 5.85. The second-order valence-corrected chi connectivity index (χ2v) is 16.3. The summed E-state index contributed by atoms with van der Waals surface area (Å²) in [7, 11) is 0. The maximum Gasteiger partial charge on any atom is 0.315 e. The van der Waals surface area contributed by atoms with Gasteiger partial charge in [0.25, 0.3) is 0 Å². The van der Waals surface area contributed by atoms with Gasteiger partial charge < -0.3 is 19.7 Å². The van der Waals surface area contributed by atoms with Gasteiger partial charge in [-0.3, -0.25) is 29.6 Å². The molecule has 0 bridgehead atoms. The van der Waals surface area contributed by atoms with Crippen molar-refractivity contribution in [1.29, 1.82) is 0 Å². The first-order valence-electron chi connectivity index (χ1n) is 19.6. The summed E-state index contributed by atoms with van der Waals surface area (Å²) in [5, 5.41) is 11.5. The Bertz CT molecular complexity index is 2510. The van der Waals surface area contributed by atoms with E-state index in [-0.39, 0.29) is 35.1 Å². The molecule has 57 heavy (non-hydrogen) atoms. The third-order valence-electron chi connectivity index (χ3n) is 11.2.